The predicted octanol–water partition coefficient (Wildman–Crippen LogP) is 2.27. The van der Waals surface area contributed by atoms with Crippen molar-refractivity contribution in [2.75, 3.05) is 0 Å². The summed E-state index contributed by atoms with van der Waals surface area (Å²) in [4.78, 5) is 15.5. The van der Waals surface area contributed by atoms with Gasteiger partial charge in [-0.05, 0) is 35.4 Å². The standard InChI is InChI=1S/C16H12ClN3O3S/c17-15-6-4-14(10-19-15)11-24(22,23)20-16(21)7-5-12-2-1-3-13(8-12)9-18/h1-8,10H,11H2,(H,20,21). The number of amides is 1. The van der Waals surface area contributed by atoms with E-state index in [-0.39, 0.29) is 10.9 Å². The van der Waals surface area contributed by atoms with E-state index in [9.17, 15) is 13.2 Å². The van der Waals surface area contributed by atoms with Gasteiger partial charge in [0.2, 0.25) is 10.0 Å². The molecule has 0 spiro atoms. The van der Waals surface area contributed by atoms with Crippen LogP contribution in [0.2, 0.25) is 5.15 Å². The number of aromatic nitrogens is 1. The quantitative estimate of drug-likeness (QED) is 0.650. The van der Waals surface area contributed by atoms with Crippen molar-refractivity contribution >= 4 is 33.6 Å². The topological polar surface area (TPSA) is 99.9 Å². The molecule has 0 aliphatic rings. The van der Waals surface area contributed by atoms with Crippen LogP contribution in [0, 0.1) is 11.3 Å². The van der Waals surface area contributed by atoms with Crippen molar-refractivity contribution in [2.45, 2.75) is 5.75 Å². The normalized spacial score (nSPS) is 11.2. The molecule has 6 nitrogen and oxygen atoms in total. The number of hydrogen-bond donors (Lipinski definition) is 1. The van der Waals surface area contributed by atoms with Crippen molar-refractivity contribution < 1.29 is 13.2 Å². The fourth-order valence-electron chi connectivity index (χ4n) is 1.82. The van der Waals surface area contributed by atoms with Gasteiger partial charge in [-0.1, -0.05) is 29.8 Å². The molecule has 1 N–H and O–H groups in total. The third kappa shape index (κ3) is 5.50. The summed E-state index contributed by atoms with van der Waals surface area (Å²) in [6.07, 6.45) is 3.85. The molecule has 1 amide bonds. The Kier molecular flexibility index (Phi) is 5.68. The van der Waals surface area contributed by atoms with Gasteiger partial charge in [-0.2, -0.15) is 5.26 Å². The van der Waals surface area contributed by atoms with Gasteiger partial charge >= 0.3 is 0 Å². The molecule has 0 bridgehead atoms. The number of benzene rings is 1. The van der Waals surface area contributed by atoms with Gasteiger partial charge in [-0.25, -0.2) is 18.1 Å². The molecule has 0 aliphatic heterocycles. The summed E-state index contributed by atoms with van der Waals surface area (Å²) in [6, 6.07) is 11.5. The average molecular weight is 362 g/mol. The van der Waals surface area contributed by atoms with Gasteiger partial charge < -0.3 is 0 Å². The zero-order valence-electron chi connectivity index (χ0n) is 12.3. The van der Waals surface area contributed by atoms with Crippen molar-refractivity contribution in [3.8, 4) is 6.07 Å². The highest BCUT2D eigenvalue weighted by atomic mass is 35.5. The first-order valence-electron chi connectivity index (χ1n) is 6.71. The fourth-order valence-corrected chi connectivity index (χ4v) is 2.99. The molecule has 2 rings (SSSR count). The Hall–Kier alpha value is -2.69. The van der Waals surface area contributed by atoms with E-state index in [1.165, 1.54) is 24.4 Å². The van der Waals surface area contributed by atoms with Crippen molar-refractivity contribution in [3.63, 3.8) is 0 Å². The second kappa shape index (κ2) is 7.73. The average Bonchev–Trinajstić information content (AvgIpc) is 2.54. The number of nitriles is 1. The van der Waals surface area contributed by atoms with E-state index in [0.29, 0.717) is 16.7 Å². The van der Waals surface area contributed by atoms with E-state index in [4.69, 9.17) is 16.9 Å². The van der Waals surface area contributed by atoms with E-state index < -0.39 is 15.9 Å². The number of hydrogen-bond acceptors (Lipinski definition) is 5. The summed E-state index contributed by atoms with van der Waals surface area (Å²) < 4.78 is 25.8. The highest BCUT2D eigenvalue weighted by Crippen LogP contribution is 2.09. The minimum Gasteiger partial charge on any atom is -0.269 e. The summed E-state index contributed by atoms with van der Waals surface area (Å²) in [5.74, 6) is -1.17. The molecule has 0 fully saturated rings. The number of rotatable bonds is 5. The molecule has 0 aliphatic carbocycles. The monoisotopic (exact) mass is 361 g/mol. The summed E-state index contributed by atoms with van der Waals surface area (Å²) in [5.41, 5.74) is 1.47. The zero-order valence-corrected chi connectivity index (χ0v) is 13.9. The van der Waals surface area contributed by atoms with Gasteiger partial charge in [0.15, 0.2) is 0 Å². The van der Waals surface area contributed by atoms with Crippen molar-refractivity contribution in [3.05, 3.63) is 70.5 Å². The number of sulfonamides is 1. The van der Waals surface area contributed by atoms with Gasteiger partial charge in [-0.3, -0.25) is 4.79 Å². The lowest BCUT2D eigenvalue weighted by molar-refractivity contribution is -0.114. The number of carbonyl (C=O) groups excluding carboxylic acids is 1. The van der Waals surface area contributed by atoms with E-state index in [0.717, 1.165) is 6.08 Å². The smallest absolute Gasteiger partial charge is 0.257 e. The molecule has 0 radical (unpaired) electrons. The maximum atomic E-state index is 11.9. The lowest BCUT2D eigenvalue weighted by Gasteiger charge is -2.04. The third-order valence-electron chi connectivity index (χ3n) is 2.84. The Morgan fingerprint density at radius 2 is 2.12 bits per heavy atom. The Bertz CT molecular complexity index is 916. The minimum absolute atomic E-state index is 0.253. The molecule has 0 atom stereocenters. The Balaban J connectivity index is 2.01. The summed E-state index contributed by atoms with van der Waals surface area (Å²) in [7, 11) is -3.85. The van der Waals surface area contributed by atoms with Crippen LogP contribution < -0.4 is 4.72 Å². The minimum atomic E-state index is -3.85. The van der Waals surface area contributed by atoms with Gasteiger partial charge in [-0.15, -0.1) is 0 Å². The predicted molar refractivity (Wildman–Crippen MR) is 90.2 cm³/mol. The van der Waals surface area contributed by atoms with Crippen LogP contribution in [0.3, 0.4) is 0 Å². The second-order valence-electron chi connectivity index (χ2n) is 4.79. The Morgan fingerprint density at radius 1 is 1.33 bits per heavy atom. The van der Waals surface area contributed by atoms with Crippen LogP contribution in [0.1, 0.15) is 16.7 Å². The summed E-state index contributed by atoms with van der Waals surface area (Å²) in [6.45, 7) is 0. The summed E-state index contributed by atoms with van der Waals surface area (Å²) >= 11 is 5.63. The van der Waals surface area contributed by atoms with Gasteiger partial charge in [0.25, 0.3) is 5.91 Å². The number of nitrogens with one attached hydrogen (secondary N) is 1. The lowest BCUT2D eigenvalue weighted by atomic mass is 10.1. The molecule has 122 valence electrons. The Labute approximate surface area is 144 Å². The molecule has 24 heavy (non-hydrogen) atoms. The van der Waals surface area contributed by atoms with Crippen LogP contribution in [0.25, 0.3) is 6.08 Å². The van der Waals surface area contributed by atoms with Crippen LogP contribution in [-0.2, 0) is 20.6 Å². The molecule has 0 unspecified atom stereocenters. The highest BCUT2D eigenvalue weighted by molar-refractivity contribution is 7.89. The maximum absolute atomic E-state index is 11.9. The number of halogens is 1. The maximum Gasteiger partial charge on any atom is 0.257 e. The first kappa shape index (κ1) is 17.7. The second-order valence-corrected chi connectivity index (χ2v) is 6.89. The molecular weight excluding hydrogens is 350 g/mol. The van der Waals surface area contributed by atoms with E-state index >= 15 is 0 Å². The molecule has 1 heterocycles. The van der Waals surface area contributed by atoms with Crippen LogP contribution in [0.15, 0.2) is 48.7 Å². The van der Waals surface area contributed by atoms with Crippen molar-refractivity contribution in [1.29, 1.82) is 5.26 Å². The first-order chi connectivity index (χ1) is 11.4. The van der Waals surface area contributed by atoms with Crippen molar-refractivity contribution in [2.24, 2.45) is 0 Å². The first-order valence-corrected chi connectivity index (χ1v) is 8.74. The molecule has 8 heteroatoms. The van der Waals surface area contributed by atoms with Crippen molar-refractivity contribution in [1.82, 2.24) is 9.71 Å². The van der Waals surface area contributed by atoms with E-state index in [2.05, 4.69) is 4.98 Å². The molecular formula is C16H12ClN3O3S. The number of pyridine rings is 1. The van der Waals surface area contributed by atoms with Gasteiger partial charge in [0.05, 0.1) is 17.4 Å². The zero-order chi connectivity index (χ0) is 17.6. The van der Waals surface area contributed by atoms with E-state index in [1.807, 2.05) is 10.8 Å². The van der Waals surface area contributed by atoms with Gasteiger partial charge in [0.1, 0.15) is 5.15 Å². The molecule has 0 saturated heterocycles. The van der Waals surface area contributed by atoms with Gasteiger partial charge in [0, 0.05) is 12.3 Å². The fraction of sp³-hybridized carbons (Fsp3) is 0.0625. The van der Waals surface area contributed by atoms with Crippen LogP contribution in [-0.4, -0.2) is 19.3 Å². The number of nitrogens with zero attached hydrogens (tertiary/aromatic N) is 2. The number of carbonyl (C=O) groups is 1. The molecule has 1 aromatic carbocycles. The Morgan fingerprint density at radius 3 is 2.79 bits per heavy atom. The lowest BCUT2D eigenvalue weighted by Crippen LogP contribution is -2.30. The summed E-state index contributed by atoms with van der Waals surface area (Å²) in [5, 5.41) is 9.06. The van der Waals surface area contributed by atoms with Crippen LogP contribution in [0.4, 0.5) is 0 Å². The molecule has 0 saturated carbocycles. The largest absolute Gasteiger partial charge is 0.269 e. The molecule has 2 aromatic rings. The third-order valence-corrected chi connectivity index (χ3v) is 4.29. The van der Waals surface area contributed by atoms with Crippen LogP contribution in [0.5, 0.6) is 0 Å². The SMILES string of the molecule is N#Cc1cccc(C=CC(=O)NS(=O)(=O)Cc2ccc(Cl)nc2)c1. The van der Waals surface area contributed by atoms with E-state index in [1.54, 1.807) is 24.3 Å². The highest BCUT2D eigenvalue weighted by Gasteiger charge is 2.14. The molecule has 1 aromatic heterocycles. The van der Waals surface area contributed by atoms with Crippen LogP contribution >= 0.6 is 11.6 Å².